The maximum Gasteiger partial charge on any atom is 0.372 e. The minimum atomic E-state index is -2.58. The summed E-state index contributed by atoms with van der Waals surface area (Å²) >= 11 is 4.84. The van der Waals surface area contributed by atoms with Gasteiger partial charge in [-0.2, -0.15) is 9.51 Å². The summed E-state index contributed by atoms with van der Waals surface area (Å²) < 4.78 is 94.0. The highest BCUT2D eigenvalue weighted by Crippen LogP contribution is 2.40. The summed E-state index contributed by atoms with van der Waals surface area (Å²) in [5.74, 6) is 0.0586. The molecule has 0 aromatic carbocycles. The van der Waals surface area contributed by atoms with Gasteiger partial charge in [-0.1, -0.05) is 14.8 Å². The van der Waals surface area contributed by atoms with Crippen molar-refractivity contribution in [2.45, 2.75) is 73.6 Å². The number of anilines is 2. The van der Waals surface area contributed by atoms with Crippen molar-refractivity contribution in [3.05, 3.63) is 68.5 Å². The van der Waals surface area contributed by atoms with Crippen LogP contribution in [-0.4, -0.2) is 145 Å². The number of imidazole rings is 1. The predicted octanol–water partition coefficient (Wildman–Crippen LogP) is -1.21. The molecule has 3 fully saturated rings. The molecule has 0 radical (unpaired) electrons. The summed E-state index contributed by atoms with van der Waals surface area (Å²) in [4.78, 5) is 65.9. The van der Waals surface area contributed by atoms with Crippen molar-refractivity contribution in [3.8, 4) is 0 Å². The van der Waals surface area contributed by atoms with Gasteiger partial charge in [-0.3, -0.25) is 31.8 Å². The van der Waals surface area contributed by atoms with Crippen molar-refractivity contribution in [3.63, 3.8) is 0 Å². The molecule has 34 heteroatoms. The van der Waals surface area contributed by atoms with Gasteiger partial charge in [0.2, 0.25) is 0 Å². The summed E-state index contributed by atoms with van der Waals surface area (Å²) in [6, 6.07) is 2.45. The normalized spacial score (nSPS) is 30.4. The predicted molar refractivity (Wildman–Crippen MR) is 228 cm³/mol. The summed E-state index contributed by atoms with van der Waals surface area (Å²) in [6.07, 6.45) is -8.09. The van der Waals surface area contributed by atoms with Crippen molar-refractivity contribution in [2.75, 3.05) is 52.6 Å². The molecule has 28 nitrogen and oxygen atoms in total. The zero-order chi connectivity index (χ0) is 46.5. The maximum atomic E-state index is 13.6. The number of aliphatic hydroxyl groups is 1. The second-order valence-electron chi connectivity index (χ2n) is 13.7. The Morgan fingerprint density at radius 2 is 1.54 bits per heavy atom. The molecule has 65 heavy (non-hydrogen) atoms. The number of hydrogen-bond donors (Lipinski definition) is 5. The van der Waals surface area contributed by atoms with E-state index in [0.717, 1.165) is 15.2 Å². The summed E-state index contributed by atoms with van der Waals surface area (Å²) in [6.45, 7) is -1.37. The van der Waals surface area contributed by atoms with E-state index in [9.17, 15) is 33.2 Å². The largest absolute Gasteiger partial charge is 0.439 e. The second kappa shape index (κ2) is 22.2. The van der Waals surface area contributed by atoms with Crippen molar-refractivity contribution in [1.82, 2.24) is 38.6 Å². The number of aromatic nitrogens is 8. The fraction of sp³-hybridized carbons (Fsp3) is 0.581. The van der Waals surface area contributed by atoms with E-state index in [-0.39, 0.29) is 25.8 Å². The Bertz CT molecular complexity index is 2640. The van der Waals surface area contributed by atoms with Crippen LogP contribution in [0, 0.1) is 0 Å². The van der Waals surface area contributed by atoms with E-state index in [1.165, 1.54) is 57.0 Å². The van der Waals surface area contributed by atoms with E-state index in [0.29, 0.717) is 11.2 Å². The van der Waals surface area contributed by atoms with E-state index < -0.39 is 139 Å². The third-order valence-corrected chi connectivity index (χ3v) is 14.3. The molecule has 0 spiro atoms. The first kappa shape index (κ1) is 49.6. The van der Waals surface area contributed by atoms with Gasteiger partial charge in [0.1, 0.15) is 78.6 Å². The zero-order valence-electron chi connectivity index (χ0n) is 33.8. The topological polar surface area (TPSA) is 362 Å². The molecule has 3 aliphatic rings. The smallest absolute Gasteiger partial charge is 0.372 e. The standard InChI is InChI=1S/C31H40N10O18P3S3/c1-49-22-19(57-62(47)63)14(55-29(22)41-12-36-18-25(33)34-11-35-26(18)41)9-52-61-64(48)58-21-15(56-28(24(21)51-3)39-6-4-16(32)37-30(39)44)10-53-65(60-46)59-20-13(8-42)54-27(23(20)50-2)40-7-5-17(43)38-31(40)45/h4-7,11-15,19-24,27-29,42,46H,8-10H2,1-3H3,(H2,32,37,44)(H2,33,34,35)(H,38,43,45)/q-1. The van der Waals surface area contributed by atoms with Crippen LogP contribution in [0.5, 0.6) is 0 Å². The first-order chi connectivity index (χ1) is 31.3. The maximum absolute atomic E-state index is 13.6. The first-order valence-corrected chi connectivity index (χ1v) is 25.9. The molecule has 7 heterocycles. The molecular weight excluding hydrogens is 990 g/mol. The zero-order valence-corrected chi connectivity index (χ0v) is 38.9. The lowest BCUT2D eigenvalue weighted by Crippen LogP contribution is -2.41. The molecule has 14 unspecified atom stereocenters. The van der Waals surface area contributed by atoms with Crippen molar-refractivity contribution in [1.29, 1.82) is 0 Å². The van der Waals surface area contributed by atoms with E-state index in [1.54, 1.807) is 0 Å². The number of methoxy groups -OCH3 is 3. The summed E-state index contributed by atoms with van der Waals surface area (Å²) in [5.41, 5.74) is 10.0. The molecular formula is C31H40N10O18P3S3-. The molecule has 356 valence electrons. The van der Waals surface area contributed by atoms with Crippen molar-refractivity contribution >= 4 is 78.3 Å². The highest BCUT2D eigenvalue weighted by Gasteiger charge is 2.51. The Hall–Kier alpha value is -3.26. The lowest BCUT2D eigenvalue weighted by Gasteiger charge is -2.27. The van der Waals surface area contributed by atoms with E-state index >= 15 is 0 Å². The number of hydrogen-bond acceptors (Lipinski definition) is 25. The highest BCUT2D eigenvalue weighted by molar-refractivity contribution is 8.25. The van der Waals surface area contributed by atoms with Crippen LogP contribution < -0.4 is 28.4 Å². The van der Waals surface area contributed by atoms with E-state index in [4.69, 9.17) is 73.7 Å². The van der Waals surface area contributed by atoms with Gasteiger partial charge in [0.15, 0.2) is 36.3 Å². The van der Waals surface area contributed by atoms with Crippen LogP contribution in [0.1, 0.15) is 18.7 Å². The first-order valence-electron chi connectivity index (χ1n) is 18.7. The highest BCUT2D eigenvalue weighted by atomic mass is 32.7. The Morgan fingerprint density at radius 1 is 0.892 bits per heavy atom. The fourth-order valence-electron chi connectivity index (χ4n) is 7.28. The molecule has 4 aromatic heterocycles. The monoisotopic (exact) mass is 1030 g/mol. The van der Waals surface area contributed by atoms with E-state index in [2.05, 4.69) is 24.9 Å². The third kappa shape index (κ3) is 10.9. The molecule has 0 amide bonds. The van der Waals surface area contributed by atoms with Crippen LogP contribution in [-0.2, 0) is 91.9 Å². The minimum Gasteiger partial charge on any atom is -0.439 e. The number of nitrogens with two attached hydrogens (primary N) is 2. The van der Waals surface area contributed by atoms with Gasteiger partial charge in [-0.15, -0.1) is 0 Å². The van der Waals surface area contributed by atoms with Gasteiger partial charge in [0.25, 0.3) is 5.56 Å². The molecule has 7 N–H and O–H groups in total. The number of H-pyrrole nitrogens is 1. The SMILES string of the molecule is COC1C(O[S-](=O)=POCC2OC(n3cnc4c(N)ncnc43)C(OC)C2O[P+](=O)[S-])C(COS(OC2C(CO)OC(n3ccc(=O)[nH]c3=O)C2OC)=PO)OC1n1ccc(N)nc1=O. The second-order valence-corrected chi connectivity index (χ2v) is 20.0. The Labute approximate surface area is 379 Å². The Kier molecular flexibility index (Phi) is 17.0. The average molecular weight is 1030 g/mol. The molecule has 0 bridgehead atoms. The number of nitrogens with zero attached hydrogens (tertiary/aromatic N) is 7. The van der Waals surface area contributed by atoms with Crippen LogP contribution >= 0.6 is 22.4 Å². The molecule has 3 aliphatic heterocycles. The number of ether oxygens (including phenoxy) is 6. The lowest BCUT2D eigenvalue weighted by molar-refractivity contribution is -0.0625. The van der Waals surface area contributed by atoms with Crippen LogP contribution in [0.15, 0.2) is 51.6 Å². The average Bonchev–Trinajstić information content (AvgIpc) is 4.04. The fourth-order valence-corrected chi connectivity index (χ4v) is 11.2. The van der Waals surface area contributed by atoms with Crippen LogP contribution in [0.25, 0.3) is 11.2 Å². The molecule has 4 aromatic rings. The summed E-state index contributed by atoms with van der Waals surface area (Å²) in [7, 11) is -3.46. The van der Waals surface area contributed by atoms with Gasteiger partial charge < -0.3 is 75.1 Å². The number of rotatable bonds is 19. The molecule has 0 aliphatic carbocycles. The molecule has 0 saturated carbocycles. The number of aliphatic hydroxyl groups excluding tert-OH is 1. The molecule has 7 rings (SSSR count). The molecule has 3 saturated heterocycles. The quantitative estimate of drug-likeness (QED) is 0.0543. The number of aromatic amines is 1. The Morgan fingerprint density at radius 3 is 2.20 bits per heavy atom. The van der Waals surface area contributed by atoms with Crippen molar-refractivity contribution < 1.29 is 68.8 Å². The third-order valence-electron chi connectivity index (χ3n) is 10.1. The lowest BCUT2D eigenvalue weighted by atomic mass is 10.1. The van der Waals surface area contributed by atoms with Crippen LogP contribution in [0.3, 0.4) is 0 Å². The van der Waals surface area contributed by atoms with Gasteiger partial charge in [0, 0.05) is 39.8 Å². The molecule has 14 atom stereocenters. The van der Waals surface area contributed by atoms with Crippen LogP contribution in [0.4, 0.5) is 11.6 Å². The van der Waals surface area contributed by atoms with Gasteiger partial charge >= 0.3 is 18.6 Å². The number of fused-ring (bicyclic) bond motifs is 1. The summed E-state index contributed by atoms with van der Waals surface area (Å²) in [5, 5.41) is 10.2. The Balaban J connectivity index is 1.08. The minimum absolute atomic E-state index is 0.0659. The number of nitrogen functional groups attached to an aromatic ring is 2. The van der Waals surface area contributed by atoms with Gasteiger partial charge in [-0.05, 0) is 13.6 Å². The van der Waals surface area contributed by atoms with Gasteiger partial charge in [-0.25, -0.2) is 24.5 Å². The van der Waals surface area contributed by atoms with Crippen molar-refractivity contribution in [2.24, 2.45) is 0 Å². The van der Waals surface area contributed by atoms with Crippen LogP contribution in [0.2, 0.25) is 0 Å². The van der Waals surface area contributed by atoms with Gasteiger partial charge in [0.05, 0.1) is 32.3 Å². The number of nitrogens with one attached hydrogen (secondary N) is 1. The van der Waals surface area contributed by atoms with E-state index in [1.807, 2.05) is 0 Å².